The van der Waals surface area contributed by atoms with E-state index in [2.05, 4.69) is 21.3 Å². The quantitative estimate of drug-likeness (QED) is 0.0125. The molecule has 2 aromatic heterocycles. The molecule has 0 radical (unpaired) electrons. The van der Waals surface area contributed by atoms with E-state index in [1.165, 1.54) is 23.5 Å². The van der Waals surface area contributed by atoms with Crippen LogP contribution in [0.15, 0.2) is 122 Å². The van der Waals surface area contributed by atoms with Crippen molar-refractivity contribution in [2.24, 2.45) is 33.8 Å². The molecule has 0 fully saturated rings. The smallest absolute Gasteiger partial charge is 0.481 e. The van der Waals surface area contributed by atoms with Crippen LogP contribution in [0, 0.1) is 34.1 Å². The summed E-state index contributed by atoms with van der Waals surface area (Å²) in [7, 11) is 0. The highest BCUT2D eigenvalue weighted by molar-refractivity contribution is 8.01. The molecule has 2 heterocycles. The van der Waals surface area contributed by atoms with Crippen LogP contribution in [0.3, 0.4) is 0 Å². The summed E-state index contributed by atoms with van der Waals surface area (Å²) in [6.07, 6.45) is -15.8. The number of thioether (sulfide) groups is 4. The number of carbonyl (C=O) groups is 16. The van der Waals surface area contributed by atoms with E-state index in [1.807, 2.05) is 123 Å². The summed E-state index contributed by atoms with van der Waals surface area (Å²) in [6, 6.07) is 26.2. The zero-order valence-electron chi connectivity index (χ0n) is 80.3. The molecule has 0 saturated heterocycles. The van der Waals surface area contributed by atoms with Gasteiger partial charge in [0.2, 0.25) is 35.4 Å². The van der Waals surface area contributed by atoms with Gasteiger partial charge in [0.25, 0.3) is 0 Å². The van der Waals surface area contributed by atoms with E-state index in [9.17, 15) is 124 Å². The molecule has 56 heteroatoms. The Morgan fingerprint density at radius 1 is 0.405 bits per heavy atom. The number of carboxylic acids is 8. The predicted octanol–water partition coefficient (Wildman–Crippen LogP) is 11.4. The number of Topliss-reactive ketones (excluding diaryl/α,β-unsaturated/α-hetero) is 2. The fourth-order valence-corrected chi connectivity index (χ4v) is 16.4. The van der Waals surface area contributed by atoms with Crippen molar-refractivity contribution >= 4 is 142 Å². The van der Waals surface area contributed by atoms with Gasteiger partial charge in [-0.25, -0.2) is 36.7 Å². The minimum absolute atomic E-state index is 0.0332. The Morgan fingerprint density at radius 2 is 0.736 bits per heavy atom. The minimum atomic E-state index is -5.08. The fourth-order valence-electron chi connectivity index (χ4n) is 12.7. The van der Waals surface area contributed by atoms with Gasteiger partial charge in [-0.3, -0.25) is 57.5 Å². The van der Waals surface area contributed by atoms with Crippen LogP contribution in [0.4, 0.5) is 70.2 Å². The van der Waals surface area contributed by atoms with Crippen LogP contribution >= 0.6 is 47.0 Å². The largest absolute Gasteiger partial charge is 0.490 e. The molecule has 4 aromatic carbocycles. The van der Waals surface area contributed by atoms with E-state index >= 15 is 8.78 Å². The van der Waals surface area contributed by atoms with Crippen molar-refractivity contribution in [2.45, 2.75) is 178 Å². The maximum absolute atomic E-state index is 15.1. The zero-order valence-corrected chi connectivity index (χ0v) is 83.6. The number of alkyl halides is 12. The summed E-state index contributed by atoms with van der Waals surface area (Å²) in [6.45, 7) is 14.1. The Bertz CT molecular complexity index is 5250. The van der Waals surface area contributed by atoms with Gasteiger partial charge in [-0.15, -0.1) is 23.5 Å². The Morgan fingerprint density at radius 3 is 1.04 bits per heavy atom. The van der Waals surface area contributed by atoms with Crippen molar-refractivity contribution in [1.82, 2.24) is 40.2 Å². The second-order valence-corrected chi connectivity index (χ2v) is 38.4. The van der Waals surface area contributed by atoms with Crippen LogP contribution < -0.4 is 44.2 Å². The zero-order chi connectivity index (χ0) is 113. The molecular weight excluding hydrogens is 2090 g/mol. The van der Waals surface area contributed by atoms with Gasteiger partial charge in [-0.2, -0.15) is 76.2 Å². The highest BCUT2D eigenvalue weighted by Gasteiger charge is 2.43. The van der Waals surface area contributed by atoms with Gasteiger partial charge in [-0.05, 0) is 109 Å². The lowest BCUT2D eigenvalue weighted by Crippen LogP contribution is -2.44. The average Bonchev–Trinajstić information content (AvgIpc) is 1.61. The summed E-state index contributed by atoms with van der Waals surface area (Å²) in [5.74, 6) is -20.9. The number of aromatic nitrogens is 2. The van der Waals surface area contributed by atoms with Crippen LogP contribution in [0.1, 0.15) is 140 Å². The molecule has 0 saturated carbocycles. The maximum atomic E-state index is 15.1. The molecule has 36 nitrogen and oxygen atoms in total. The van der Waals surface area contributed by atoms with Crippen LogP contribution in [-0.4, -0.2) is 289 Å². The molecular formula is C92H116F16N12O24S4. The SMILES string of the molecule is CC(C)(C)[C@H](c1cc(-c2cc(F)ccc2F)cn1Cc1ccccc1)N(CCCN)C(=O)CSCCC(=O)NCCCC(=O)CNC(=O)C(CC(=O)O)SC[C@H](N)C(=O)O.CC(C)(C)[C@H](c1cc(-c2cc(F)ccc2F)cn1Cc1ccccc1)N(CCCN)C(=O)CSCCC(=O)NCCCC(=O)CNC(=O)CC(SC[C@H](N)C(=O)O)C(=O)O.O=C(O)C(F)(F)F.O=C(O)C(F)(F)F.O=C(O)C(F)(F)F.O=C(O)C(F)(F)F. The number of carbonyl (C=O) groups excluding carboxylic acids is 8. The van der Waals surface area contributed by atoms with Crippen molar-refractivity contribution in [3.8, 4) is 22.3 Å². The van der Waals surface area contributed by atoms with Crippen molar-refractivity contribution < 1.29 is 188 Å². The van der Waals surface area contributed by atoms with Gasteiger partial charge in [0.05, 0.1) is 48.3 Å². The Balaban J connectivity index is 0.00000117. The molecule has 0 aliphatic heterocycles. The van der Waals surface area contributed by atoms with E-state index in [-0.39, 0.29) is 128 Å². The van der Waals surface area contributed by atoms with E-state index in [0.717, 1.165) is 82.4 Å². The number of hydrogen-bond acceptors (Lipinski definition) is 24. The van der Waals surface area contributed by atoms with Crippen LogP contribution in [0.2, 0.25) is 0 Å². The molecule has 148 heavy (non-hydrogen) atoms. The fraction of sp³-hybridized carbons (Fsp3) is 0.478. The minimum Gasteiger partial charge on any atom is -0.481 e. The Hall–Kier alpha value is -12.5. The highest BCUT2D eigenvalue weighted by atomic mass is 32.2. The Labute approximate surface area is 854 Å². The van der Waals surface area contributed by atoms with Gasteiger partial charge in [-0.1, -0.05) is 102 Å². The van der Waals surface area contributed by atoms with E-state index in [1.54, 1.807) is 22.2 Å². The first-order valence-electron chi connectivity index (χ1n) is 44.1. The van der Waals surface area contributed by atoms with Gasteiger partial charge in [0.15, 0.2) is 11.6 Å². The standard InChI is InChI=1S/2C42H56F2N6O8S2.4C2HF3O2/c1-42(2,3)39(34-19-28(31-20-29(43)12-13-32(31)44)24-49(34)23-27-9-5-4-6-10-27)50(17-8-15-45)37(53)26-59-18-14-36(52)47-16-7-11-30(51)22-48-40(56)35(21-38(54)55)60-25-33(46)41(57)58;1-42(2,3)39(34-19-28(31-20-29(43)12-13-32(31)44)24-49(34)23-27-9-5-4-6-10-27)50(17-8-15-45)38(54)26-59-18-14-36(52)47-16-7-11-30(51)22-48-37(53)21-35(41(57)58)60-25-33(46)40(55)56;4*3-2(4,5)1(6)7/h4-6,9-10,12-13,19-20,24,33,35,39H,7-8,11,14-18,21-23,25-26,45-46H2,1-3H3,(H,47,52)(H,48,56)(H,54,55)(H,57,58);4-6,9-10,12-13,19-20,24,33,35,39H,7-8,11,14-18,21-23,25-26,45-46H2,1-3H3,(H,47,52)(H,48,53)(H,55,56)(H,57,58);4*(H,6,7)/t2*33-,35?,39-;;;;/m00..../s1. The third-order valence-electron chi connectivity index (χ3n) is 19.5. The first kappa shape index (κ1) is 133. The first-order valence-corrected chi connectivity index (χ1v) is 48.5. The van der Waals surface area contributed by atoms with Gasteiger partial charge in [0.1, 0.15) is 40.6 Å². The number of nitrogens with two attached hydrogens (primary N) is 4. The molecule has 6 atom stereocenters. The molecule has 20 N–H and O–H groups in total. The molecule has 0 spiro atoms. The number of rotatable bonds is 52. The molecule has 0 aliphatic carbocycles. The number of aliphatic carboxylic acids is 8. The highest BCUT2D eigenvalue weighted by Crippen LogP contribution is 2.44. The second kappa shape index (κ2) is 65.3. The molecule has 0 aliphatic rings. The third-order valence-corrected chi connectivity index (χ3v) is 24.1. The molecule has 6 rings (SSSR count). The summed E-state index contributed by atoms with van der Waals surface area (Å²) in [5.41, 5.74) is 26.3. The van der Waals surface area contributed by atoms with Crippen LogP contribution in [0.25, 0.3) is 22.3 Å². The number of carboxylic acid groups (broad SMARTS) is 8. The van der Waals surface area contributed by atoms with E-state index in [4.69, 9.17) is 77.9 Å². The van der Waals surface area contributed by atoms with E-state index in [0.29, 0.717) is 81.2 Å². The van der Waals surface area contributed by atoms with Crippen LogP contribution in [-0.2, 0) is 89.8 Å². The molecule has 6 amide bonds. The van der Waals surface area contributed by atoms with E-state index < -0.39 is 166 Å². The normalized spacial score (nSPS) is 12.6. The maximum Gasteiger partial charge on any atom is 0.490 e. The number of hydrogen-bond donors (Lipinski definition) is 16. The molecule has 824 valence electrons. The van der Waals surface area contributed by atoms with Crippen molar-refractivity contribution in [2.75, 3.05) is 86.9 Å². The topological polar surface area (TPSA) is 604 Å². The summed E-state index contributed by atoms with van der Waals surface area (Å²) in [4.78, 5) is 186. The number of halogens is 16. The molecule has 6 aromatic rings. The lowest BCUT2D eigenvalue weighted by molar-refractivity contribution is -0.193. The summed E-state index contributed by atoms with van der Waals surface area (Å²) < 4.78 is 190. The monoisotopic (exact) mass is 2200 g/mol. The molecule has 0 bridgehead atoms. The lowest BCUT2D eigenvalue weighted by atomic mass is 9.83. The average molecular weight is 2210 g/mol. The third kappa shape index (κ3) is 53.4. The van der Waals surface area contributed by atoms with Crippen molar-refractivity contribution in [3.63, 3.8) is 0 Å². The van der Waals surface area contributed by atoms with Gasteiger partial charge >= 0.3 is 72.5 Å². The number of ketones is 2. The number of benzene rings is 4. The second-order valence-electron chi connectivity index (χ2n) is 33.7. The van der Waals surface area contributed by atoms with Crippen molar-refractivity contribution in [1.29, 1.82) is 0 Å². The molecule has 2 unspecified atom stereocenters. The van der Waals surface area contributed by atoms with Crippen LogP contribution in [0.5, 0.6) is 0 Å². The Kier molecular flexibility index (Phi) is 58.9. The van der Waals surface area contributed by atoms with Gasteiger partial charge in [0, 0.05) is 140 Å². The number of nitrogens with zero attached hydrogens (tertiary/aromatic N) is 4. The summed E-state index contributed by atoms with van der Waals surface area (Å²) >= 11 is 4.12. The lowest BCUT2D eigenvalue weighted by Gasteiger charge is -2.41. The summed E-state index contributed by atoms with van der Waals surface area (Å²) in [5, 5.41) is 72.6. The number of amides is 6. The first-order chi connectivity index (χ1) is 68.6. The van der Waals surface area contributed by atoms with Crippen molar-refractivity contribution in [3.05, 3.63) is 167 Å². The van der Waals surface area contributed by atoms with Gasteiger partial charge < -0.3 is 104 Å². The predicted molar refractivity (Wildman–Crippen MR) is 513 cm³/mol. The number of nitrogens with one attached hydrogen (secondary N) is 4.